The van der Waals surface area contributed by atoms with E-state index in [2.05, 4.69) is 10.2 Å². The van der Waals surface area contributed by atoms with Crippen molar-refractivity contribution >= 4 is 28.3 Å². The van der Waals surface area contributed by atoms with Crippen molar-refractivity contribution in [2.24, 2.45) is 0 Å². The van der Waals surface area contributed by atoms with E-state index in [1.54, 1.807) is 14.2 Å². The zero-order chi connectivity index (χ0) is 21.1. The van der Waals surface area contributed by atoms with Crippen LogP contribution >= 0.6 is 0 Å². The molecule has 156 valence electrons. The summed E-state index contributed by atoms with van der Waals surface area (Å²) in [5, 5.41) is 3.69. The summed E-state index contributed by atoms with van der Waals surface area (Å²) < 4.78 is 16.5. The first-order valence-corrected chi connectivity index (χ1v) is 9.73. The maximum absolute atomic E-state index is 11.4. The van der Waals surface area contributed by atoms with Crippen molar-refractivity contribution < 1.29 is 19.0 Å². The smallest absolute Gasteiger partial charge is 0.221 e. The molecule has 0 unspecified atom stereocenters. The van der Waals surface area contributed by atoms with Crippen LogP contribution in [0.3, 0.4) is 0 Å². The molecular formula is C22H24N4O4. The number of hydrogen-bond acceptors (Lipinski definition) is 7. The normalized spacial score (nSPS) is 13.9. The summed E-state index contributed by atoms with van der Waals surface area (Å²) in [5.41, 5.74) is 2.26. The average Bonchev–Trinajstić information content (AvgIpc) is 2.77. The molecule has 0 atom stereocenters. The van der Waals surface area contributed by atoms with Crippen LogP contribution in [0.5, 0.6) is 11.5 Å². The number of amides is 1. The number of ether oxygens (including phenoxy) is 3. The number of aromatic nitrogens is 2. The van der Waals surface area contributed by atoms with Crippen LogP contribution in [0.25, 0.3) is 22.3 Å². The predicted molar refractivity (Wildman–Crippen MR) is 115 cm³/mol. The van der Waals surface area contributed by atoms with E-state index in [0.717, 1.165) is 35.4 Å². The highest BCUT2D eigenvalue weighted by atomic mass is 16.5. The Morgan fingerprint density at radius 3 is 2.50 bits per heavy atom. The Morgan fingerprint density at radius 1 is 1.07 bits per heavy atom. The van der Waals surface area contributed by atoms with E-state index >= 15 is 0 Å². The quantitative estimate of drug-likeness (QED) is 0.694. The highest BCUT2D eigenvalue weighted by molar-refractivity contribution is 5.94. The molecule has 3 aromatic rings. The number of fused-ring (bicyclic) bond motifs is 1. The largest absolute Gasteiger partial charge is 0.493 e. The predicted octanol–water partition coefficient (Wildman–Crippen LogP) is 3.11. The van der Waals surface area contributed by atoms with Crippen LogP contribution < -0.4 is 19.7 Å². The second-order valence-corrected chi connectivity index (χ2v) is 6.96. The first kappa shape index (κ1) is 19.9. The van der Waals surface area contributed by atoms with Gasteiger partial charge in [0, 0.05) is 42.7 Å². The third-order valence-corrected chi connectivity index (χ3v) is 4.93. The number of rotatable bonds is 5. The van der Waals surface area contributed by atoms with Crippen LogP contribution in [-0.2, 0) is 9.53 Å². The fraction of sp³-hybridized carbons (Fsp3) is 0.318. The summed E-state index contributed by atoms with van der Waals surface area (Å²) >= 11 is 0. The number of anilines is 2. The molecule has 1 saturated heterocycles. The molecule has 1 aromatic heterocycles. The average molecular weight is 408 g/mol. The molecule has 30 heavy (non-hydrogen) atoms. The molecule has 4 rings (SSSR count). The van der Waals surface area contributed by atoms with Crippen LogP contribution in [0.2, 0.25) is 0 Å². The van der Waals surface area contributed by atoms with Crippen molar-refractivity contribution in [2.75, 3.05) is 50.7 Å². The molecule has 2 aromatic carbocycles. The van der Waals surface area contributed by atoms with Gasteiger partial charge in [-0.05, 0) is 18.2 Å². The Bertz CT molecular complexity index is 1080. The molecule has 8 heteroatoms. The molecule has 2 heterocycles. The van der Waals surface area contributed by atoms with Crippen molar-refractivity contribution in [1.82, 2.24) is 9.97 Å². The lowest BCUT2D eigenvalue weighted by molar-refractivity contribution is -0.114. The Hall–Kier alpha value is -3.39. The Kier molecular flexibility index (Phi) is 5.67. The first-order valence-electron chi connectivity index (χ1n) is 9.73. The Balaban J connectivity index is 1.89. The molecule has 0 saturated carbocycles. The van der Waals surface area contributed by atoms with Gasteiger partial charge in [0.1, 0.15) is 5.82 Å². The van der Waals surface area contributed by atoms with E-state index in [1.165, 1.54) is 6.92 Å². The number of carbonyl (C=O) groups is 1. The number of morpholine rings is 1. The van der Waals surface area contributed by atoms with Crippen molar-refractivity contribution in [3.8, 4) is 22.9 Å². The second-order valence-electron chi connectivity index (χ2n) is 6.96. The van der Waals surface area contributed by atoms with E-state index in [1.807, 2.05) is 36.4 Å². The highest BCUT2D eigenvalue weighted by Gasteiger charge is 2.20. The van der Waals surface area contributed by atoms with Gasteiger partial charge in [-0.15, -0.1) is 0 Å². The topological polar surface area (TPSA) is 85.8 Å². The van der Waals surface area contributed by atoms with Crippen molar-refractivity contribution in [2.45, 2.75) is 6.92 Å². The lowest BCUT2D eigenvalue weighted by Crippen LogP contribution is -2.37. The van der Waals surface area contributed by atoms with Crippen molar-refractivity contribution in [3.63, 3.8) is 0 Å². The van der Waals surface area contributed by atoms with E-state index in [4.69, 9.17) is 24.2 Å². The molecule has 1 aliphatic heterocycles. The number of carbonyl (C=O) groups excluding carboxylic acids is 1. The van der Waals surface area contributed by atoms with Crippen LogP contribution in [0.15, 0.2) is 36.4 Å². The van der Waals surface area contributed by atoms with E-state index in [0.29, 0.717) is 36.2 Å². The van der Waals surface area contributed by atoms with Gasteiger partial charge in [0.05, 0.1) is 33.0 Å². The maximum atomic E-state index is 11.4. The van der Waals surface area contributed by atoms with E-state index < -0.39 is 0 Å². The first-order chi connectivity index (χ1) is 14.6. The highest BCUT2D eigenvalue weighted by Crippen LogP contribution is 2.36. The molecule has 0 spiro atoms. The number of hydrogen-bond donors (Lipinski definition) is 1. The molecule has 1 fully saturated rings. The van der Waals surface area contributed by atoms with Gasteiger partial charge in [-0.2, -0.15) is 0 Å². The Morgan fingerprint density at radius 2 is 1.80 bits per heavy atom. The van der Waals surface area contributed by atoms with Gasteiger partial charge in [-0.25, -0.2) is 9.97 Å². The summed E-state index contributed by atoms with van der Waals surface area (Å²) in [5.74, 6) is 2.50. The fourth-order valence-electron chi connectivity index (χ4n) is 3.52. The van der Waals surface area contributed by atoms with Gasteiger partial charge in [-0.1, -0.05) is 12.1 Å². The fourth-order valence-corrected chi connectivity index (χ4v) is 3.52. The zero-order valence-corrected chi connectivity index (χ0v) is 17.3. The van der Waals surface area contributed by atoms with Gasteiger partial charge in [0.15, 0.2) is 17.3 Å². The molecule has 0 bridgehead atoms. The molecule has 1 N–H and O–H groups in total. The van der Waals surface area contributed by atoms with Gasteiger partial charge in [0.25, 0.3) is 0 Å². The summed E-state index contributed by atoms with van der Waals surface area (Å²) in [6, 6.07) is 11.3. The van der Waals surface area contributed by atoms with E-state index in [-0.39, 0.29) is 5.91 Å². The number of nitrogens with zero attached hydrogens (tertiary/aromatic N) is 3. The third kappa shape index (κ3) is 3.99. The van der Waals surface area contributed by atoms with Crippen LogP contribution in [0.4, 0.5) is 11.5 Å². The minimum atomic E-state index is -0.127. The minimum absolute atomic E-state index is 0.127. The summed E-state index contributed by atoms with van der Waals surface area (Å²) in [7, 11) is 3.21. The Labute approximate surface area is 174 Å². The molecule has 0 aliphatic carbocycles. The van der Waals surface area contributed by atoms with Crippen LogP contribution in [-0.4, -0.2) is 56.4 Å². The van der Waals surface area contributed by atoms with Crippen LogP contribution in [0, 0.1) is 0 Å². The van der Waals surface area contributed by atoms with Crippen molar-refractivity contribution in [1.29, 1.82) is 0 Å². The van der Waals surface area contributed by atoms with Gasteiger partial charge < -0.3 is 24.4 Å². The number of nitrogens with one attached hydrogen (secondary N) is 1. The minimum Gasteiger partial charge on any atom is -0.493 e. The number of methoxy groups -OCH3 is 2. The molecule has 0 radical (unpaired) electrons. The standard InChI is InChI=1S/C22H24N4O4/c1-14(27)23-16-6-4-5-15(11-16)21-24-18-13-20(29-3)19(28-2)12-17(18)22(25-21)26-7-9-30-10-8-26/h4-6,11-13H,7-10H2,1-3H3,(H,23,27). The summed E-state index contributed by atoms with van der Waals surface area (Å²) in [6.45, 7) is 4.26. The molecule has 8 nitrogen and oxygen atoms in total. The number of benzene rings is 2. The zero-order valence-electron chi connectivity index (χ0n) is 17.3. The summed E-state index contributed by atoms with van der Waals surface area (Å²) in [4.78, 5) is 23.3. The van der Waals surface area contributed by atoms with Gasteiger partial charge in [-0.3, -0.25) is 4.79 Å². The van der Waals surface area contributed by atoms with Gasteiger partial charge in [0.2, 0.25) is 5.91 Å². The maximum Gasteiger partial charge on any atom is 0.221 e. The van der Waals surface area contributed by atoms with Crippen LogP contribution in [0.1, 0.15) is 6.92 Å². The summed E-state index contributed by atoms with van der Waals surface area (Å²) in [6.07, 6.45) is 0. The molecular weight excluding hydrogens is 384 g/mol. The van der Waals surface area contributed by atoms with Crippen molar-refractivity contribution in [3.05, 3.63) is 36.4 Å². The van der Waals surface area contributed by atoms with E-state index in [9.17, 15) is 4.79 Å². The lowest BCUT2D eigenvalue weighted by atomic mass is 10.1. The lowest BCUT2D eigenvalue weighted by Gasteiger charge is -2.29. The molecule has 1 aliphatic rings. The van der Waals surface area contributed by atoms with Gasteiger partial charge >= 0.3 is 0 Å². The third-order valence-electron chi connectivity index (χ3n) is 4.93. The monoisotopic (exact) mass is 408 g/mol. The second kappa shape index (κ2) is 8.54. The SMILES string of the molecule is COc1cc2nc(-c3cccc(NC(C)=O)c3)nc(N3CCOCC3)c2cc1OC. The molecule has 1 amide bonds.